The summed E-state index contributed by atoms with van der Waals surface area (Å²) in [5.41, 5.74) is -0.0803. The van der Waals surface area contributed by atoms with Crippen LogP contribution in [0, 0.1) is 0 Å². The van der Waals surface area contributed by atoms with Crippen molar-refractivity contribution < 1.29 is 18.5 Å². The fourth-order valence-electron chi connectivity index (χ4n) is 1.15. The van der Waals surface area contributed by atoms with E-state index in [0.717, 1.165) is 0 Å². The molecular formula is C11H8ClNO4. The minimum atomic E-state index is -0.751. The van der Waals surface area contributed by atoms with Crippen LogP contribution in [0.2, 0.25) is 0 Å². The molecule has 0 aliphatic carbocycles. The first-order chi connectivity index (χ1) is 8.27. The average Bonchev–Trinajstić information content (AvgIpc) is 2.96. The summed E-state index contributed by atoms with van der Waals surface area (Å²) >= 11 is 5.36. The van der Waals surface area contributed by atoms with Crippen LogP contribution in [0.5, 0.6) is 0 Å². The molecule has 17 heavy (non-hydrogen) atoms. The minimum Gasteiger partial charge on any atom is -0.466 e. The second-order valence-corrected chi connectivity index (χ2v) is 3.39. The molecule has 0 bridgehead atoms. The molecule has 0 radical (unpaired) electrons. The topological polar surface area (TPSA) is 64.9 Å². The first kappa shape index (κ1) is 11.5. The predicted molar refractivity (Wildman–Crippen MR) is 59.6 cm³/mol. The Balaban J connectivity index is 2.04. The Morgan fingerprint density at radius 2 is 2.06 bits per heavy atom. The Labute approximate surface area is 102 Å². The van der Waals surface area contributed by atoms with Gasteiger partial charge in [-0.2, -0.15) is 0 Å². The molecule has 6 heteroatoms. The van der Waals surface area contributed by atoms with E-state index in [1.807, 2.05) is 0 Å². The first-order valence-corrected chi connectivity index (χ1v) is 5.11. The van der Waals surface area contributed by atoms with Crippen LogP contribution >= 0.6 is 11.6 Å². The fraction of sp³-hybridized carbons (Fsp3) is 0.0909. The number of rotatable bonds is 5. The minimum absolute atomic E-state index is 0.0803. The molecule has 2 rings (SSSR count). The van der Waals surface area contributed by atoms with Crippen molar-refractivity contribution in [3.05, 3.63) is 48.3 Å². The molecule has 0 atom stereocenters. The summed E-state index contributed by atoms with van der Waals surface area (Å²) in [5, 5.41) is 2.87. The van der Waals surface area contributed by atoms with Crippen LogP contribution in [0.15, 0.2) is 50.8 Å². The molecule has 2 heterocycles. The van der Waals surface area contributed by atoms with E-state index in [1.54, 1.807) is 24.3 Å². The maximum absolute atomic E-state index is 11.1. The zero-order chi connectivity index (χ0) is 12.1. The van der Waals surface area contributed by atoms with Crippen LogP contribution in [0.25, 0.3) is 0 Å². The largest absolute Gasteiger partial charge is 0.466 e. The number of hydrogen-bond donors (Lipinski definition) is 0. The molecule has 0 saturated heterocycles. The molecule has 0 amide bonds. The standard InChI is InChI=1S/C11H8ClNO4/c12-11(14)10(9-4-2-6-16-9)13-17-7-8-3-1-5-15-8/h1-6H,7H2. The molecule has 2 aromatic heterocycles. The summed E-state index contributed by atoms with van der Waals surface area (Å²) in [6.07, 6.45) is 2.93. The molecule has 0 aliphatic rings. The molecule has 0 spiro atoms. The summed E-state index contributed by atoms with van der Waals surface area (Å²) in [5.74, 6) is 0.846. The zero-order valence-corrected chi connectivity index (χ0v) is 9.39. The SMILES string of the molecule is O=C(Cl)C(=NOCc1ccco1)c1ccco1. The van der Waals surface area contributed by atoms with Crippen LogP contribution in [0.3, 0.4) is 0 Å². The van der Waals surface area contributed by atoms with Gasteiger partial charge in [0, 0.05) is 0 Å². The maximum Gasteiger partial charge on any atom is 0.278 e. The molecule has 5 nitrogen and oxygen atoms in total. The normalized spacial score (nSPS) is 11.5. The molecule has 0 aromatic carbocycles. The number of carbonyl (C=O) groups excluding carboxylic acids is 1. The van der Waals surface area contributed by atoms with Crippen molar-refractivity contribution in [2.45, 2.75) is 6.61 Å². The number of halogens is 1. The van der Waals surface area contributed by atoms with Gasteiger partial charge in [0.25, 0.3) is 5.24 Å². The third-order valence-electron chi connectivity index (χ3n) is 1.88. The highest BCUT2D eigenvalue weighted by Gasteiger charge is 2.15. The zero-order valence-electron chi connectivity index (χ0n) is 8.63. The van der Waals surface area contributed by atoms with E-state index in [2.05, 4.69) is 5.16 Å². The number of nitrogens with zero attached hydrogens (tertiary/aromatic N) is 1. The van der Waals surface area contributed by atoms with Crippen LogP contribution in [0.4, 0.5) is 0 Å². The molecular weight excluding hydrogens is 246 g/mol. The van der Waals surface area contributed by atoms with Gasteiger partial charge < -0.3 is 13.7 Å². The van der Waals surface area contributed by atoms with Gasteiger partial charge in [-0.1, -0.05) is 5.16 Å². The molecule has 0 unspecified atom stereocenters. The van der Waals surface area contributed by atoms with Crippen molar-refractivity contribution in [1.29, 1.82) is 0 Å². The number of hydrogen-bond acceptors (Lipinski definition) is 5. The van der Waals surface area contributed by atoms with E-state index in [-0.39, 0.29) is 18.1 Å². The lowest BCUT2D eigenvalue weighted by Crippen LogP contribution is -2.09. The van der Waals surface area contributed by atoms with Crippen molar-refractivity contribution in [2.24, 2.45) is 5.16 Å². The van der Waals surface area contributed by atoms with E-state index >= 15 is 0 Å². The predicted octanol–water partition coefficient (Wildman–Crippen LogP) is 2.56. The molecule has 0 N–H and O–H groups in total. The highest BCUT2D eigenvalue weighted by molar-refractivity contribution is 6.83. The van der Waals surface area contributed by atoms with Gasteiger partial charge in [0.05, 0.1) is 12.5 Å². The number of carbonyl (C=O) groups is 1. The molecule has 0 aliphatic heterocycles. The van der Waals surface area contributed by atoms with Gasteiger partial charge >= 0.3 is 0 Å². The van der Waals surface area contributed by atoms with Crippen molar-refractivity contribution >= 4 is 22.6 Å². The van der Waals surface area contributed by atoms with E-state index in [0.29, 0.717) is 5.76 Å². The summed E-state index contributed by atoms with van der Waals surface area (Å²) in [7, 11) is 0. The highest BCUT2D eigenvalue weighted by Crippen LogP contribution is 2.07. The van der Waals surface area contributed by atoms with E-state index in [1.165, 1.54) is 12.5 Å². The van der Waals surface area contributed by atoms with Gasteiger partial charge in [0.1, 0.15) is 5.76 Å². The van der Waals surface area contributed by atoms with Crippen molar-refractivity contribution in [3.63, 3.8) is 0 Å². The van der Waals surface area contributed by atoms with Crippen molar-refractivity contribution in [3.8, 4) is 0 Å². The molecule has 0 fully saturated rings. The van der Waals surface area contributed by atoms with Crippen molar-refractivity contribution in [1.82, 2.24) is 0 Å². The molecule has 2 aromatic rings. The molecule has 0 saturated carbocycles. The Hall–Kier alpha value is -2.01. The van der Waals surface area contributed by atoms with Gasteiger partial charge in [-0.25, -0.2) is 0 Å². The number of oxime groups is 1. The third kappa shape index (κ3) is 2.98. The van der Waals surface area contributed by atoms with Gasteiger partial charge in [-0.05, 0) is 35.9 Å². The summed E-state index contributed by atoms with van der Waals surface area (Å²) in [6.45, 7) is 0.112. The maximum atomic E-state index is 11.1. The lowest BCUT2D eigenvalue weighted by molar-refractivity contribution is -0.106. The smallest absolute Gasteiger partial charge is 0.278 e. The lowest BCUT2D eigenvalue weighted by Gasteiger charge is -1.98. The first-order valence-electron chi connectivity index (χ1n) is 4.73. The van der Waals surface area contributed by atoms with Crippen LogP contribution in [0.1, 0.15) is 11.5 Å². The Kier molecular flexibility index (Phi) is 3.62. The van der Waals surface area contributed by atoms with Gasteiger partial charge in [-0.3, -0.25) is 4.79 Å². The Bertz CT molecular complexity index is 502. The monoisotopic (exact) mass is 253 g/mol. The number of furan rings is 2. The average molecular weight is 254 g/mol. The van der Waals surface area contributed by atoms with E-state index in [4.69, 9.17) is 25.3 Å². The Morgan fingerprint density at radius 3 is 2.65 bits per heavy atom. The van der Waals surface area contributed by atoms with Crippen molar-refractivity contribution in [2.75, 3.05) is 0 Å². The fourth-order valence-corrected chi connectivity index (χ4v) is 1.27. The van der Waals surface area contributed by atoms with Gasteiger partial charge in [0.15, 0.2) is 12.4 Å². The summed E-state index contributed by atoms with van der Waals surface area (Å²) < 4.78 is 10.0. The molecule has 88 valence electrons. The van der Waals surface area contributed by atoms with E-state index in [9.17, 15) is 4.79 Å². The summed E-state index contributed by atoms with van der Waals surface area (Å²) in [6, 6.07) is 6.64. The summed E-state index contributed by atoms with van der Waals surface area (Å²) in [4.78, 5) is 16.1. The van der Waals surface area contributed by atoms with Crippen LogP contribution < -0.4 is 0 Å². The van der Waals surface area contributed by atoms with E-state index < -0.39 is 5.24 Å². The second kappa shape index (κ2) is 5.36. The quantitative estimate of drug-likeness (QED) is 0.467. The highest BCUT2D eigenvalue weighted by atomic mass is 35.5. The van der Waals surface area contributed by atoms with Gasteiger partial charge in [-0.15, -0.1) is 0 Å². The Morgan fingerprint density at radius 1 is 1.29 bits per heavy atom. The van der Waals surface area contributed by atoms with Crippen LogP contribution in [-0.2, 0) is 16.2 Å². The third-order valence-corrected chi connectivity index (χ3v) is 2.06. The van der Waals surface area contributed by atoms with Crippen LogP contribution in [-0.4, -0.2) is 11.0 Å². The second-order valence-electron chi connectivity index (χ2n) is 3.04. The lowest BCUT2D eigenvalue weighted by atomic mass is 10.3. The van der Waals surface area contributed by atoms with Gasteiger partial charge in [0.2, 0.25) is 5.71 Å².